The predicted octanol–water partition coefficient (Wildman–Crippen LogP) is 5.67. The van der Waals surface area contributed by atoms with Gasteiger partial charge in [0.05, 0.1) is 18.6 Å². The van der Waals surface area contributed by atoms with Crippen molar-refractivity contribution in [3.63, 3.8) is 0 Å². The van der Waals surface area contributed by atoms with Crippen LogP contribution in [0.2, 0.25) is 0 Å². The van der Waals surface area contributed by atoms with E-state index in [1.54, 1.807) is 19.2 Å². The number of esters is 1. The topological polar surface area (TPSA) is 81.8 Å². The summed E-state index contributed by atoms with van der Waals surface area (Å²) in [7, 11) is 1.64. The highest BCUT2D eigenvalue weighted by Gasteiger charge is 2.56. The van der Waals surface area contributed by atoms with Crippen LogP contribution in [0.1, 0.15) is 64.0 Å². The molecule has 0 radical (unpaired) electrons. The molecule has 0 heterocycles. The highest BCUT2D eigenvalue weighted by Crippen LogP contribution is 2.52. The molecule has 180 valence electrons. The lowest BCUT2D eigenvalue weighted by atomic mass is 9.55. The third-order valence-corrected chi connectivity index (χ3v) is 8.06. The molecule has 0 amide bonds. The zero-order valence-corrected chi connectivity index (χ0v) is 20.7. The minimum Gasteiger partial charge on any atom is -0.497 e. The molecule has 3 aromatic rings. The molecule has 3 atom stereocenters. The molecule has 0 aromatic heterocycles. The van der Waals surface area contributed by atoms with Gasteiger partial charge in [-0.05, 0) is 84.7 Å². The fourth-order valence-corrected chi connectivity index (χ4v) is 5.11. The van der Waals surface area contributed by atoms with Crippen molar-refractivity contribution in [3.8, 4) is 11.5 Å². The van der Waals surface area contributed by atoms with Crippen LogP contribution in [0, 0.1) is 5.41 Å². The molecular formula is C29H35NO4. The fourth-order valence-electron chi connectivity index (χ4n) is 5.11. The van der Waals surface area contributed by atoms with E-state index in [-0.39, 0.29) is 11.4 Å². The first-order chi connectivity index (χ1) is 16.0. The summed E-state index contributed by atoms with van der Waals surface area (Å²) in [5.74, 6) is 0.403. The number of rotatable bonds is 5. The van der Waals surface area contributed by atoms with E-state index in [2.05, 4.69) is 13.8 Å². The van der Waals surface area contributed by atoms with Crippen LogP contribution in [-0.4, -0.2) is 23.7 Å². The summed E-state index contributed by atoms with van der Waals surface area (Å²) in [6, 6.07) is 19.0. The molecule has 0 bridgehead atoms. The summed E-state index contributed by atoms with van der Waals surface area (Å²) >= 11 is 0. The molecular weight excluding hydrogens is 426 g/mol. The lowest BCUT2D eigenvalue weighted by molar-refractivity contribution is -0.135. The third kappa shape index (κ3) is 4.08. The molecule has 3 N–H and O–H groups in total. The van der Waals surface area contributed by atoms with Gasteiger partial charge < -0.3 is 20.3 Å². The number of fused-ring (bicyclic) bond motifs is 1. The van der Waals surface area contributed by atoms with Crippen molar-refractivity contribution >= 4 is 16.7 Å². The van der Waals surface area contributed by atoms with Crippen LogP contribution in [0.25, 0.3) is 10.8 Å². The SMILES string of the molecule is COc1ccc2cc(C(C)C(=O)Oc3cccc(C4(O)CCCC(C)(C)C4(C)N)c3)ccc2c1. The van der Waals surface area contributed by atoms with E-state index < -0.39 is 17.1 Å². The number of hydrogen-bond acceptors (Lipinski definition) is 5. The highest BCUT2D eigenvalue weighted by atomic mass is 16.5. The van der Waals surface area contributed by atoms with Crippen molar-refractivity contribution in [3.05, 3.63) is 71.8 Å². The van der Waals surface area contributed by atoms with Crippen molar-refractivity contribution in [2.24, 2.45) is 11.1 Å². The van der Waals surface area contributed by atoms with Crippen molar-refractivity contribution in [2.75, 3.05) is 7.11 Å². The van der Waals surface area contributed by atoms with E-state index in [9.17, 15) is 9.90 Å². The second-order valence-corrected chi connectivity index (χ2v) is 10.4. The standard InChI is InChI=1S/C29H35NO4/c1-19(20-10-11-22-17-24(33-5)13-12-21(22)16-20)26(31)34-25-9-6-8-23(18-25)29(32)15-7-14-27(2,3)28(29,4)30/h6,8-13,16-19,32H,7,14-15,30H2,1-5H3. The first-order valence-corrected chi connectivity index (χ1v) is 11.9. The monoisotopic (exact) mass is 461 g/mol. The number of hydrogen-bond donors (Lipinski definition) is 2. The van der Waals surface area contributed by atoms with Gasteiger partial charge in [0.25, 0.3) is 0 Å². The Balaban J connectivity index is 1.56. The fraction of sp³-hybridized carbons (Fsp3) is 0.414. The molecule has 1 aliphatic rings. The summed E-state index contributed by atoms with van der Waals surface area (Å²) < 4.78 is 11.1. The van der Waals surface area contributed by atoms with E-state index in [4.69, 9.17) is 15.2 Å². The molecule has 0 aliphatic heterocycles. The maximum atomic E-state index is 13.0. The Labute approximate surface area is 201 Å². The molecule has 1 saturated carbocycles. The van der Waals surface area contributed by atoms with Crippen molar-refractivity contribution in [1.82, 2.24) is 0 Å². The zero-order chi connectivity index (χ0) is 24.7. The number of ether oxygens (including phenoxy) is 2. The maximum absolute atomic E-state index is 13.0. The van der Waals surface area contributed by atoms with Gasteiger partial charge in [-0.25, -0.2) is 0 Å². The van der Waals surface area contributed by atoms with Crippen LogP contribution in [0.5, 0.6) is 11.5 Å². The van der Waals surface area contributed by atoms with E-state index in [1.165, 1.54) is 0 Å². The molecule has 34 heavy (non-hydrogen) atoms. The number of carbonyl (C=O) groups excluding carboxylic acids is 1. The predicted molar refractivity (Wildman–Crippen MR) is 135 cm³/mol. The quantitative estimate of drug-likeness (QED) is 0.378. The van der Waals surface area contributed by atoms with Gasteiger partial charge >= 0.3 is 5.97 Å². The lowest BCUT2D eigenvalue weighted by Crippen LogP contribution is -2.66. The Morgan fingerprint density at radius 2 is 1.68 bits per heavy atom. The average Bonchev–Trinajstić information content (AvgIpc) is 2.81. The van der Waals surface area contributed by atoms with Gasteiger partial charge in [0.2, 0.25) is 0 Å². The van der Waals surface area contributed by atoms with Crippen LogP contribution >= 0.6 is 0 Å². The Morgan fingerprint density at radius 3 is 2.41 bits per heavy atom. The molecule has 0 spiro atoms. The Hall–Kier alpha value is -2.89. The number of carbonyl (C=O) groups is 1. The smallest absolute Gasteiger partial charge is 0.318 e. The minimum absolute atomic E-state index is 0.235. The summed E-state index contributed by atoms with van der Waals surface area (Å²) in [6.45, 7) is 7.96. The molecule has 0 saturated heterocycles. The average molecular weight is 462 g/mol. The van der Waals surface area contributed by atoms with Crippen LogP contribution in [0.3, 0.4) is 0 Å². The van der Waals surface area contributed by atoms with Crippen LogP contribution in [0.15, 0.2) is 60.7 Å². The second kappa shape index (κ2) is 8.71. The first kappa shape index (κ1) is 24.2. The van der Waals surface area contributed by atoms with Crippen LogP contribution < -0.4 is 15.2 Å². The van der Waals surface area contributed by atoms with Gasteiger partial charge in [-0.2, -0.15) is 0 Å². The summed E-state index contributed by atoms with van der Waals surface area (Å²) in [4.78, 5) is 13.0. The second-order valence-electron chi connectivity index (χ2n) is 10.4. The molecule has 1 fully saturated rings. The van der Waals surface area contributed by atoms with E-state index in [0.717, 1.165) is 34.9 Å². The highest BCUT2D eigenvalue weighted by molar-refractivity contribution is 5.87. The number of methoxy groups -OCH3 is 1. The van der Waals surface area contributed by atoms with E-state index in [0.29, 0.717) is 17.7 Å². The van der Waals surface area contributed by atoms with Gasteiger partial charge in [0.15, 0.2) is 0 Å². The molecule has 3 aromatic carbocycles. The third-order valence-electron chi connectivity index (χ3n) is 8.06. The molecule has 5 heteroatoms. The lowest BCUT2D eigenvalue weighted by Gasteiger charge is -2.56. The van der Waals surface area contributed by atoms with E-state index >= 15 is 0 Å². The van der Waals surface area contributed by atoms with Crippen LogP contribution in [0.4, 0.5) is 0 Å². The molecule has 3 unspecified atom stereocenters. The first-order valence-electron chi connectivity index (χ1n) is 11.9. The van der Waals surface area contributed by atoms with Crippen LogP contribution in [-0.2, 0) is 10.4 Å². The van der Waals surface area contributed by atoms with Gasteiger partial charge in [0, 0.05) is 0 Å². The van der Waals surface area contributed by atoms with Crippen molar-refractivity contribution < 1.29 is 19.4 Å². The van der Waals surface area contributed by atoms with Gasteiger partial charge in [-0.1, -0.05) is 50.2 Å². The summed E-state index contributed by atoms with van der Waals surface area (Å²) in [6.07, 6.45) is 2.40. The van der Waals surface area contributed by atoms with Crippen molar-refractivity contribution in [1.29, 1.82) is 0 Å². The normalized spacial score (nSPS) is 25.0. The largest absolute Gasteiger partial charge is 0.497 e. The van der Waals surface area contributed by atoms with E-state index in [1.807, 2.05) is 62.4 Å². The molecule has 5 nitrogen and oxygen atoms in total. The van der Waals surface area contributed by atoms with Gasteiger partial charge in [0.1, 0.15) is 17.1 Å². The Morgan fingerprint density at radius 1 is 0.971 bits per heavy atom. The molecule has 4 rings (SSSR count). The number of aliphatic hydroxyl groups is 1. The van der Waals surface area contributed by atoms with Gasteiger partial charge in [-0.3, -0.25) is 4.79 Å². The Bertz CT molecular complexity index is 1220. The summed E-state index contributed by atoms with van der Waals surface area (Å²) in [5.41, 5.74) is 6.03. The minimum atomic E-state index is -1.21. The summed E-state index contributed by atoms with van der Waals surface area (Å²) in [5, 5.41) is 13.8. The zero-order valence-electron chi connectivity index (χ0n) is 20.7. The number of nitrogens with two attached hydrogens (primary N) is 1. The van der Waals surface area contributed by atoms with Gasteiger partial charge in [-0.15, -0.1) is 0 Å². The maximum Gasteiger partial charge on any atom is 0.318 e. The van der Waals surface area contributed by atoms with Crippen molar-refractivity contribution in [2.45, 2.75) is 64.0 Å². The Kier molecular flexibility index (Phi) is 6.21. The number of benzene rings is 3. The molecule has 1 aliphatic carbocycles.